The van der Waals surface area contributed by atoms with Gasteiger partial charge in [0, 0.05) is 0 Å². The Kier molecular flexibility index (Phi) is 3.32. The van der Waals surface area contributed by atoms with Gasteiger partial charge in [0.1, 0.15) is 6.10 Å². The van der Waals surface area contributed by atoms with Crippen LogP contribution in [0.25, 0.3) is 0 Å². The van der Waals surface area contributed by atoms with Gasteiger partial charge in [-0.2, -0.15) is 0 Å². The number of aliphatic hydroxyl groups excluding tert-OH is 1. The molecule has 0 radical (unpaired) electrons. The summed E-state index contributed by atoms with van der Waals surface area (Å²) < 4.78 is 0. The van der Waals surface area contributed by atoms with Crippen LogP contribution in [0.4, 0.5) is 0 Å². The van der Waals surface area contributed by atoms with E-state index in [-0.39, 0.29) is 5.78 Å². The van der Waals surface area contributed by atoms with E-state index in [2.05, 4.69) is 0 Å². The molecule has 0 saturated heterocycles. The standard InChI is InChI=1S/C14H14O2/c15-13(11-7-3-1-4-8-11)14(16)12-9-5-2-6-10-12/h1-5,7-9,13,15H,6,10H2. The summed E-state index contributed by atoms with van der Waals surface area (Å²) in [5.41, 5.74) is 1.36. The highest BCUT2D eigenvalue weighted by Gasteiger charge is 2.20. The molecule has 1 aliphatic carbocycles. The quantitative estimate of drug-likeness (QED) is 0.839. The molecule has 1 unspecified atom stereocenters. The summed E-state index contributed by atoms with van der Waals surface area (Å²) in [7, 11) is 0. The first kappa shape index (κ1) is 10.8. The lowest BCUT2D eigenvalue weighted by molar-refractivity contribution is -0.123. The normalized spacial score (nSPS) is 16.7. The summed E-state index contributed by atoms with van der Waals surface area (Å²) in [6.07, 6.45) is 6.25. The molecule has 0 heterocycles. The smallest absolute Gasteiger partial charge is 0.191 e. The first-order chi connectivity index (χ1) is 7.79. The fourth-order valence-corrected chi connectivity index (χ4v) is 1.77. The molecule has 2 nitrogen and oxygen atoms in total. The average Bonchev–Trinajstić information content (AvgIpc) is 2.39. The molecular weight excluding hydrogens is 200 g/mol. The number of rotatable bonds is 3. The van der Waals surface area contributed by atoms with Crippen LogP contribution in [0.1, 0.15) is 24.5 Å². The van der Waals surface area contributed by atoms with E-state index in [1.165, 1.54) is 0 Å². The van der Waals surface area contributed by atoms with Crippen molar-refractivity contribution in [1.82, 2.24) is 0 Å². The number of ketones is 1. The summed E-state index contributed by atoms with van der Waals surface area (Å²) in [5, 5.41) is 9.93. The number of allylic oxidation sites excluding steroid dienone is 3. The van der Waals surface area contributed by atoms with Crippen LogP contribution in [0.15, 0.2) is 54.1 Å². The lowest BCUT2D eigenvalue weighted by Gasteiger charge is -2.13. The molecule has 1 atom stereocenters. The molecule has 82 valence electrons. The molecule has 1 N–H and O–H groups in total. The van der Waals surface area contributed by atoms with E-state index >= 15 is 0 Å². The van der Waals surface area contributed by atoms with Crippen LogP contribution in [-0.2, 0) is 4.79 Å². The Bertz CT molecular complexity index is 429. The van der Waals surface area contributed by atoms with Crippen LogP contribution in [-0.4, -0.2) is 10.9 Å². The van der Waals surface area contributed by atoms with Gasteiger partial charge in [0.25, 0.3) is 0 Å². The van der Waals surface area contributed by atoms with Gasteiger partial charge < -0.3 is 5.11 Å². The third-order valence-electron chi connectivity index (χ3n) is 2.69. The van der Waals surface area contributed by atoms with Crippen molar-refractivity contribution in [3.63, 3.8) is 0 Å². The second-order valence-electron chi connectivity index (χ2n) is 3.84. The molecule has 0 aromatic heterocycles. The highest BCUT2D eigenvalue weighted by Crippen LogP contribution is 2.21. The Labute approximate surface area is 94.9 Å². The van der Waals surface area contributed by atoms with Gasteiger partial charge in [-0.15, -0.1) is 0 Å². The lowest BCUT2D eigenvalue weighted by atomic mass is 9.94. The Morgan fingerprint density at radius 3 is 2.62 bits per heavy atom. The monoisotopic (exact) mass is 214 g/mol. The van der Waals surface area contributed by atoms with Gasteiger partial charge in [0.05, 0.1) is 0 Å². The van der Waals surface area contributed by atoms with E-state index in [0.717, 1.165) is 12.8 Å². The second kappa shape index (κ2) is 4.90. The molecule has 1 aliphatic rings. The van der Waals surface area contributed by atoms with Crippen molar-refractivity contribution in [2.45, 2.75) is 18.9 Å². The van der Waals surface area contributed by atoms with Crippen LogP contribution in [0.2, 0.25) is 0 Å². The molecule has 0 fully saturated rings. The average molecular weight is 214 g/mol. The molecule has 1 aromatic carbocycles. The number of hydrogen-bond acceptors (Lipinski definition) is 2. The van der Waals surface area contributed by atoms with E-state index in [1.54, 1.807) is 18.2 Å². The highest BCUT2D eigenvalue weighted by molar-refractivity contribution is 5.99. The largest absolute Gasteiger partial charge is 0.380 e. The molecule has 0 spiro atoms. The van der Waals surface area contributed by atoms with Crippen LogP contribution in [0.5, 0.6) is 0 Å². The van der Waals surface area contributed by atoms with E-state index in [4.69, 9.17) is 0 Å². The van der Waals surface area contributed by atoms with Gasteiger partial charge in [-0.05, 0) is 24.0 Å². The molecule has 0 aliphatic heterocycles. The van der Waals surface area contributed by atoms with E-state index in [9.17, 15) is 9.90 Å². The van der Waals surface area contributed by atoms with E-state index < -0.39 is 6.10 Å². The SMILES string of the molecule is O=C(C1=CC=CCC1)C(O)c1ccccc1. The highest BCUT2D eigenvalue weighted by atomic mass is 16.3. The predicted octanol–water partition coefficient (Wildman–Crippen LogP) is 2.57. The summed E-state index contributed by atoms with van der Waals surface area (Å²) in [4.78, 5) is 11.9. The maximum absolute atomic E-state index is 11.9. The van der Waals surface area contributed by atoms with Crippen molar-refractivity contribution in [3.8, 4) is 0 Å². The molecule has 16 heavy (non-hydrogen) atoms. The van der Waals surface area contributed by atoms with Crippen LogP contribution >= 0.6 is 0 Å². The van der Waals surface area contributed by atoms with Crippen LogP contribution < -0.4 is 0 Å². The molecule has 0 saturated carbocycles. The van der Waals surface area contributed by atoms with Crippen molar-refractivity contribution in [1.29, 1.82) is 0 Å². The van der Waals surface area contributed by atoms with Crippen LogP contribution in [0, 0.1) is 0 Å². The molecule has 2 heteroatoms. The number of aliphatic hydroxyl groups is 1. The van der Waals surface area contributed by atoms with Crippen molar-refractivity contribution >= 4 is 5.78 Å². The van der Waals surface area contributed by atoms with Gasteiger partial charge >= 0.3 is 0 Å². The number of carbonyl (C=O) groups is 1. The minimum absolute atomic E-state index is 0.185. The van der Waals surface area contributed by atoms with E-state index in [1.807, 2.05) is 30.4 Å². The number of carbonyl (C=O) groups excluding carboxylic acids is 1. The van der Waals surface area contributed by atoms with Gasteiger partial charge in [0.15, 0.2) is 5.78 Å². The maximum Gasteiger partial charge on any atom is 0.191 e. The van der Waals surface area contributed by atoms with Crippen LogP contribution in [0.3, 0.4) is 0 Å². The summed E-state index contributed by atoms with van der Waals surface area (Å²) in [6, 6.07) is 9.04. The molecule has 2 rings (SSSR count). The first-order valence-corrected chi connectivity index (χ1v) is 5.42. The fraction of sp³-hybridized carbons (Fsp3) is 0.214. The summed E-state index contributed by atoms with van der Waals surface area (Å²) >= 11 is 0. The Balaban J connectivity index is 2.16. The number of hydrogen-bond donors (Lipinski definition) is 1. The third-order valence-corrected chi connectivity index (χ3v) is 2.69. The van der Waals surface area contributed by atoms with E-state index in [0.29, 0.717) is 11.1 Å². The summed E-state index contributed by atoms with van der Waals surface area (Å²) in [6.45, 7) is 0. The van der Waals surface area contributed by atoms with Crippen molar-refractivity contribution in [3.05, 3.63) is 59.7 Å². The van der Waals surface area contributed by atoms with Crippen molar-refractivity contribution < 1.29 is 9.90 Å². The lowest BCUT2D eigenvalue weighted by Crippen LogP contribution is -2.15. The summed E-state index contributed by atoms with van der Waals surface area (Å²) in [5.74, 6) is -0.185. The predicted molar refractivity (Wildman–Crippen MR) is 62.9 cm³/mol. The molecular formula is C14H14O2. The van der Waals surface area contributed by atoms with Gasteiger partial charge in [-0.25, -0.2) is 0 Å². The minimum Gasteiger partial charge on any atom is -0.380 e. The Morgan fingerprint density at radius 1 is 1.25 bits per heavy atom. The number of benzene rings is 1. The topological polar surface area (TPSA) is 37.3 Å². The zero-order valence-electron chi connectivity index (χ0n) is 8.97. The zero-order valence-corrected chi connectivity index (χ0v) is 8.97. The van der Waals surface area contributed by atoms with Crippen molar-refractivity contribution in [2.75, 3.05) is 0 Å². The number of Topliss-reactive ketones (excluding diaryl/α,β-unsaturated/α-hetero) is 1. The Hall–Kier alpha value is -1.67. The first-order valence-electron chi connectivity index (χ1n) is 5.42. The fourth-order valence-electron chi connectivity index (χ4n) is 1.77. The minimum atomic E-state index is -1.03. The Morgan fingerprint density at radius 2 is 2.00 bits per heavy atom. The van der Waals surface area contributed by atoms with Crippen molar-refractivity contribution in [2.24, 2.45) is 0 Å². The third kappa shape index (κ3) is 2.28. The molecule has 0 amide bonds. The molecule has 0 bridgehead atoms. The molecule has 1 aromatic rings. The second-order valence-corrected chi connectivity index (χ2v) is 3.84. The maximum atomic E-state index is 11.9. The van der Waals surface area contributed by atoms with Gasteiger partial charge in [-0.3, -0.25) is 4.79 Å². The van der Waals surface area contributed by atoms with Gasteiger partial charge in [0.2, 0.25) is 0 Å². The van der Waals surface area contributed by atoms with Gasteiger partial charge in [-0.1, -0.05) is 48.6 Å². The zero-order chi connectivity index (χ0) is 11.4.